The number of carbonyl (C=O) groups is 2. The number of benzene rings is 2. The predicted octanol–water partition coefficient (Wildman–Crippen LogP) is 2.58. The number of aromatic amines is 1. The van der Waals surface area contributed by atoms with Crippen molar-refractivity contribution in [3.63, 3.8) is 0 Å². The van der Waals surface area contributed by atoms with Gasteiger partial charge in [-0.05, 0) is 12.1 Å². The van der Waals surface area contributed by atoms with E-state index in [1.54, 1.807) is 17.0 Å². The molecule has 9 heteroatoms. The number of anilines is 2. The summed E-state index contributed by atoms with van der Waals surface area (Å²) in [4.78, 5) is 34.3. The van der Waals surface area contributed by atoms with Crippen LogP contribution in [0.1, 0.15) is 6.42 Å². The van der Waals surface area contributed by atoms with E-state index in [1.807, 2.05) is 24.3 Å². The minimum atomic E-state index is -0.509. The molecule has 3 aromatic rings. The number of ether oxygens (including phenoxy) is 3. The first-order chi connectivity index (χ1) is 14.5. The molecular formula is C21H22N4O5. The Morgan fingerprint density at radius 1 is 1.13 bits per heavy atom. The van der Waals surface area contributed by atoms with Crippen molar-refractivity contribution in [1.29, 1.82) is 0 Å². The second kappa shape index (κ2) is 7.94. The number of H-pyrrole nitrogens is 1. The SMILES string of the molecule is COc1cc(N2CC(C(=O)Nc3nc4ccccc4[nH]3)CC2=O)cc(OC)c1OC. The number of carbonyl (C=O) groups excluding carboxylic acids is 2. The van der Waals surface area contributed by atoms with E-state index in [0.29, 0.717) is 28.9 Å². The van der Waals surface area contributed by atoms with Crippen LogP contribution < -0.4 is 24.4 Å². The van der Waals surface area contributed by atoms with E-state index in [9.17, 15) is 9.59 Å². The van der Waals surface area contributed by atoms with Crippen LogP contribution in [0.3, 0.4) is 0 Å². The number of hydrogen-bond acceptors (Lipinski definition) is 6. The minimum Gasteiger partial charge on any atom is -0.493 e. The monoisotopic (exact) mass is 410 g/mol. The Hall–Kier alpha value is -3.75. The maximum atomic E-state index is 12.7. The van der Waals surface area contributed by atoms with Crippen LogP contribution in [0.4, 0.5) is 11.6 Å². The summed E-state index contributed by atoms with van der Waals surface area (Å²) in [6, 6.07) is 10.9. The smallest absolute Gasteiger partial charge is 0.232 e. The summed E-state index contributed by atoms with van der Waals surface area (Å²) in [7, 11) is 4.53. The fourth-order valence-corrected chi connectivity index (χ4v) is 3.59. The number of nitrogens with one attached hydrogen (secondary N) is 2. The highest BCUT2D eigenvalue weighted by Gasteiger charge is 2.36. The maximum Gasteiger partial charge on any atom is 0.232 e. The van der Waals surface area contributed by atoms with Crippen LogP contribution in [0.25, 0.3) is 11.0 Å². The lowest BCUT2D eigenvalue weighted by Crippen LogP contribution is -2.28. The maximum absolute atomic E-state index is 12.7. The summed E-state index contributed by atoms with van der Waals surface area (Å²) < 4.78 is 16.0. The molecular weight excluding hydrogens is 388 g/mol. The molecule has 0 spiro atoms. The van der Waals surface area contributed by atoms with Gasteiger partial charge in [0.25, 0.3) is 0 Å². The molecule has 2 aromatic carbocycles. The minimum absolute atomic E-state index is 0.0999. The van der Waals surface area contributed by atoms with Gasteiger partial charge in [-0.2, -0.15) is 0 Å². The van der Waals surface area contributed by atoms with Crippen LogP contribution in [0.15, 0.2) is 36.4 Å². The highest BCUT2D eigenvalue weighted by Crippen LogP contribution is 2.42. The van der Waals surface area contributed by atoms with Gasteiger partial charge in [-0.15, -0.1) is 0 Å². The number of imidazole rings is 1. The second-order valence-corrected chi connectivity index (χ2v) is 6.88. The van der Waals surface area contributed by atoms with Crippen LogP contribution in [-0.2, 0) is 9.59 Å². The molecule has 1 atom stereocenters. The lowest BCUT2D eigenvalue weighted by atomic mass is 10.1. The molecule has 156 valence electrons. The van der Waals surface area contributed by atoms with Crippen LogP contribution in [0.5, 0.6) is 17.2 Å². The molecule has 1 saturated heterocycles. The van der Waals surface area contributed by atoms with Gasteiger partial charge in [0.05, 0.1) is 44.0 Å². The van der Waals surface area contributed by atoms with Gasteiger partial charge in [0.2, 0.25) is 23.5 Å². The zero-order valence-corrected chi connectivity index (χ0v) is 16.9. The Morgan fingerprint density at radius 3 is 2.47 bits per heavy atom. The summed E-state index contributed by atoms with van der Waals surface area (Å²) in [5, 5.41) is 2.78. The van der Waals surface area contributed by atoms with Gasteiger partial charge in [0.15, 0.2) is 11.5 Å². The number of amides is 2. The standard InChI is InChI=1S/C21H22N4O5/c1-28-16-9-13(10-17(29-2)19(16)30-3)25-11-12(8-18(25)26)20(27)24-21-22-14-6-4-5-7-15(14)23-21/h4-7,9-10,12H,8,11H2,1-3H3,(H2,22,23,24,27). The molecule has 0 bridgehead atoms. The van der Waals surface area contributed by atoms with Crippen molar-refractivity contribution >= 4 is 34.5 Å². The van der Waals surface area contributed by atoms with E-state index in [1.165, 1.54) is 21.3 Å². The van der Waals surface area contributed by atoms with E-state index >= 15 is 0 Å². The Labute approximate surface area is 172 Å². The van der Waals surface area contributed by atoms with Crippen molar-refractivity contribution < 1.29 is 23.8 Å². The van der Waals surface area contributed by atoms with Gasteiger partial charge in [0, 0.05) is 25.1 Å². The summed E-state index contributed by atoms with van der Waals surface area (Å²) in [6.45, 7) is 0.240. The molecule has 0 saturated carbocycles. The van der Waals surface area contributed by atoms with Crippen LogP contribution in [0.2, 0.25) is 0 Å². The van der Waals surface area contributed by atoms with Gasteiger partial charge in [-0.1, -0.05) is 12.1 Å². The highest BCUT2D eigenvalue weighted by molar-refractivity contribution is 6.03. The van der Waals surface area contributed by atoms with Crippen molar-refractivity contribution in [2.45, 2.75) is 6.42 Å². The molecule has 4 rings (SSSR count). The summed E-state index contributed by atoms with van der Waals surface area (Å²) in [5.74, 6) is 0.746. The van der Waals surface area contributed by atoms with Crippen molar-refractivity contribution in [3.05, 3.63) is 36.4 Å². The van der Waals surface area contributed by atoms with Gasteiger partial charge >= 0.3 is 0 Å². The third-order valence-corrected chi connectivity index (χ3v) is 5.09. The molecule has 1 aromatic heterocycles. The fourth-order valence-electron chi connectivity index (χ4n) is 3.59. The zero-order valence-electron chi connectivity index (χ0n) is 16.9. The van der Waals surface area contributed by atoms with E-state index < -0.39 is 5.92 Å². The molecule has 2 N–H and O–H groups in total. The first kappa shape index (κ1) is 19.6. The summed E-state index contributed by atoms with van der Waals surface area (Å²) >= 11 is 0. The van der Waals surface area contributed by atoms with E-state index in [4.69, 9.17) is 14.2 Å². The number of methoxy groups -OCH3 is 3. The third kappa shape index (κ3) is 3.49. The predicted molar refractivity (Wildman–Crippen MR) is 111 cm³/mol. The van der Waals surface area contributed by atoms with Gasteiger partial charge in [0.1, 0.15) is 0 Å². The largest absolute Gasteiger partial charge is 0.493 e. The molecule has 30 heavy (non-hydrogen) atoms. The number of fused-ring (bicyclic) bond motifs is 1. The average molecular weight is 410 g/mol. The van der Waals surface area contributed by atoms with Gasteiger partial charge in [-0.25, -0.2) is 4.98 Å². The fraction of sp³-hybridized carbons (Fsp3) is 0.286. The van der Waals surface area contributed by atoms with Gasteiger partial charge < -0.3 is 24.1 Å². The summed E-state index contributed by atoms with van der Waals surface area (Å²) in [5.41, 5.74) is 2.16. The molecule has 2 heterocycles. The number of hydrogen-bond donors (Lipinski definition) is 2. The lowest BCUT2D eigenvalue weighted by molar-refractivity contribution is -0.122. The Bertz CT molecular complexity index is 1050. The molecule has 1 aliphatic heterocycles. The Morgan fingerprint density at radius 2 is 1.83 bits per heavy atom. The van der Waals surface area contributed by atoms with Crippen LogP contribution >= 0.6 is 0 Å². The van der Waals surface area contributed by atoms with E-state index in [0.717, 1.165) is 11.0 Å². The molecule has 1 fully saturated rings. The van der Waals surface area contributed by atoms with E-state index in [2.05, 4.69) is 15.3 Å². The normalized spacial score (nSPS) is 16.0. The lowest BCUT2D eigenvalue weighted by Gasteiger charge is -2.20. The molecule has 0 aliphatic carbocycles. The Balaban J connectivity index is 1.53. The van der Waals surface area contributed by atoms with E-state index in [-0.39, 0.29) is 24.8 Å². The zero-order chi connectivity index (χ0) is 21.3. The molecule has 1 aliphatic rings. The topological polar surface area (TPSA) is 106 Å². The third-order valence-electron chi connectivity index (χ3n) is 5.09. The first-order valence-corrected chi connectivity index (χ1v) is 9.40. The van der Waals surface area contributed by atoms with Crippen molar-refractivity contribution in [1.82, 2.24) is 9.97 Å². The molecule has 2 amide bonds. The number of rotatable bonds is 6. The number of para-hydroxylation sites is 2. The quantitative estimate of drug-likeness (QED) is 0.647. The van der Waals surface area contributed by atoms with Crippen molar-refractivity contribution in [3.8, 4) is 17.2 Å². The molecule has 0 radical (unpaired) electrons. The van der Waals surface area contributed by atoms with Crippen LogP contribution in [0, 0.1) is 5.92 Å². The summed E-state index contributed by atoms with van der Waals surface area (Å²) in [6.07, 6.45) is 0.0999. The van der Waals surface area contributed by atoms with Crippen LogP contribution in [-0.4, -0.2) is 49.7 Å². The first-order valence-electron chi connectivity index (χ1n) is 9.40. The highest BCUT2D eigenvalue weighted by atomic mass is 16.5. The molecule has 1 unspecified atom stereocenters. The van der Waals surface area contributed by atoms with Crippen molar-refractivity contribution in [2.75, 3.05) is 38.1 Å². The molecule has 9 nitrogen and oxygen atoms in total. The van der Waals surface area contributed by atoms with Crippen molar-refractivity contribution in [2.24, 2.45) is 5.92 Å². The average Bonchev–Trinajstić information content (AvgIpc) is 3.35. The second-order valence-electron chi connectivity index (χ2n) is 6.88. The number of aromatic nitrogens is 2. The van der Waals surface area contributed by atoms with Gasteiger partial charge in [-0.3, -0.25) is 14.9 Å². The Kier molecular flexibility index (Phi) is 5.18. The number of nitrogens with zero attached hydrogens (tertiary/aromatic N) is 2.